The molecule has 7 nitrogen and oxygen atoms in total. The number of aromatic nitrogens is 1. The number of nitrogens with zero attached hydrogens (tertiary/aromatic N) is 5. The van der Waals surface area contributed by atoms with Gasteiger partial charge in [0.2, 0.25) is 0 Å². The van der Waals surface area contributed by atoms with Crippen molar-refractivity contribution in [3.63, 3.8) is 0 Å². The first-order valence-electron chi connectivity index (χ1n) is 12.7. The first-order chi connectivity index (χ1) is 17.2. The van der Waals surface area contributed by atoms with Crippen molar-refractivity contribution in [2.24, 2.45) is 0 Å². The predicted octanol–water partition coefficient (Wildman–Crippen LogP) is 3.05. The molecule has 0 amide bonds. The van der Waals surface area contributed by atoms with Crippen molar-refractivity contribution in [2.45, 2.75) is 37.7 Å². The Morgan fingerprint density at radius 3 is 2.91 bits per heavy atom. The Bertz CT molecular complexity index is 1320. The fourth-order valence-corrected chi connectivity index (χ4v) is 6.63. The highest BCUT2D eigenvalue weighted by Crippen LogP contribution is 2.42. The van der Waals surface area contributed by atoms with Crippen molar-refractivity contribution < 1.29 is 4.74 Å². The summed E-state index contributed by atoms with van der Waals surface area (Å²) in [7, 11) is 0. The van der Waals surface area contributed by atoms with Gasteiger partial charge in [-0.3, -0.25) is 9.88 Å². The molecule has 3 saturated heterocycles. The standard InChI is InChI=1S/C28H30N6O/c1-18-13-33(25-7-4-19(12-29)28-23(25)3-2-8-31-28)16-26-22-6-5-21(11-20(22)14-34(18)26)32-15-24-27(17-32)35-10-9-30-24/h2-8,11,18,24,26-27,30H,9-10,13-17H2,1H3. The number of morpholine rings is 1. The van der Waals surface area contributed by atoms with Crippen molar-refractivity contribution >= 4 is 22.3 Å². The molecule has 7 heteroatoms. The first-order valence-corrected chi connectivity index (χ1v) is 12.7. The maximum atomic E-state index is 9.55. The Hall–Kier alpha value is -3.18. The number of fused-ring (bicyclic) bond motifs is 5. The minimum absolute atomic E-state index is 0.300. The zero-order chi connectivity index (χ0) is 23.5. The molecule has 1 aromatic heterocycles. The summed E-state index contributed by atoms with van der Waals surface area (Å²) in [6.07, 6.45) is 2.07. The molecule has 4 atom stereocenters. The summed E-state index contributed by atoms with van der Waals surface area (Å²) in [6.45, 7) is 9.00. The number of hydrogen-bond donors (Lipinski definition) is 1. The van der Waals surface area contributed by atoms with Crippen LogP contribution in [0.15, 0.2) is 48.7 Å². The molecule has 3 fully saturated rings. The second-order valence-electron chi connectivity index (χ2n) is 10.3. The molecule has 2 aromatic carbocycles. The van der Waals surface area contributed by atoms with Gasteiger partial charge in [-0.1, -0.05) is 6.07 Å². The van der Waals surface area contributed by atoms with E-state index < -0.39 is 0 Å². The van der Waals surface area contributed by atoms with E-state index in [-0.39, 0.29) is 0 Å². The molecule has 5 heterocycles. The van der Waals surface area contributed by atoms with Crippen molar-refractivity contribution in [3.05, 3.63) is 65.4 Å². The summed E-state index contributed by atoms with van der Waals surface area (Å²) in [5.41, 5.74) is 6.83. The number of pyridine rings is 1. The third-order valence-corrected chi connectivity index (χ3v) is 8.36. The average molecular weight is 467 g/mol. The van der Waals surface area contributed by atoms with Gasteiger partial charge in [0.15, 0.2) is 0 Å². The third-order valence-electron chi connectivity index (χ3n) is 8.36. The molecule has 0 spiro atoms. The smallest absolute Gasteiger partial charge is 0.101 e. The normalized spacial score (nSPS) is 28.0. The summed E-state index contributed by atoms with van der Waals surface area (Å²) in [5.74, 6) is 0. The molecule has 178 valence electrons. The van der Waals surface area contributed by atoms with E-state index in [0.29, 0.717) is 29.8 Å². The molecule has 1 N–H and O–H groups in total. The zero-order valence-electron chi connectivity index (χ0n) is 20.0. The van der Waals surface area contributed by atoms with Gasteiger partial charge in [-0.25, -0.2) is 0 Å². The fourth-order valence-electron chi connectivity index (χ4n) is 6.63. The molecule has 4 aliphatic heterocycles. The number of rotatable bonds is 2. The maximum absolute atomic E-state index is 9.55. The highest BCUT2D eigenvalue weighted by atomic mass is 16.5. The van der Waals surface area contributed by atoms with Gasteiger partial charge in [0.05, 0.1) is 35.9 Å². The molecule has 3 aromatic rings. The number of hydrogen-bond acceptors (Lipinski definition) is 7. The molecular weight excluding hydrogens is 436 g/mol. The average Bonchev–Trinajstić information content (AvgIpc) is 3.49. The summed E-state index contributed by atoms with van der Waals surface area (Å²) >= 11 is 0. The van der Waals surface area contributed by atoms with Gasteiger partial charge in [0.1, 0.15) is 6.07 Å². The number of piperazine rings is 1. The Morgan fingerprint density at radius 2 is 2.03 bits per heavy atom. The van der Waals surface area contributed by atoms with Crippen LogP contribution in [-0.2, 0) is 11.3 Å². The second-order valence-corrected chi connectivity index (χ2v) is 10.3. The largest absolute Gasteiger partial charge is 0.373 e. The number of anilines is 2. The van der Waals surface area contributed by atoms with Crippen LogP contribution >= 0.6 is 0 Å². The molecule has 0 aliphatic carbocycles. The highest BCUT2D eigenvalue weighted by Gasteiger charge is 2.40. The lowest BCUT2D eigenvalue weighted by molar-refractivity contribution is 0.0212. The second kappa shape index (κ2) is 8.20. The van der Waals surface area contributed by atoms with Crippen LogP contribution in [-0.4, -0.2) is 67.4 Å². The van der Waals surface area contributed by atoms with E-state index in [9.17, 15) is 5.26 Å². The molecule has 4 aliphatic rings. The molecule has 35 heavy (non-hydrogen) atoms. The van der Waals surface area contributed by atoms with Gasteiger partial charge in [-0.15, -0.1) is 0 Å². The summed E-state index contributed by atoms with van der Waals surface area (Å²) in [6, 6.07) is 18.7. The first kappa shape index (κ1) is 21.1. The van der Waals surface area contributed by atoms with Crippen LogP contribution in [0, 0.1) is 11.3 Å². The number of ether oxygens (including phenoxy) is 1. The van der Waals surface area contributed by atoms with E-state index in [1.54, 1.807) is 6.20 Å². The van der Waals surface area contributed by atoms with Crippen molar-refractivity contribution in [3.8, 4) is 6.07 Å². The topological polar surface area (TPSA) is 67.7 Å². The van der Waals surface area contributed by atoms with Gasteiger partial charge < -0.3 is 19.9 Å². The number of nitriles is 1. The van der Waals surface area contributed by atoms with Crippen LogP contribution < -0.4 is 15.1 Å². The molecule has 0 radical (unpaired) electrons. The summed E-state index contributed by atoms with van der Waals surface area (Å²) in [5, 5.41) is 14.2. The van der Waals surface area contributed by atoms with Crippen LogP contribution in [0.4, 0.5) is 11.4 Å². The SMILES string of the molecule is CC1CN(c2ccc(C#N)c3ncccc23)CC2c3ccc(N4CC5NCCOC5C4)cc3CN12. The third kappa shape index (κ3) is 3.40. The Balaban J connectivity index is 1.18. The maximum Gasteiger partial charge on any atom is 0.101 e. The molecule has 0 bridgehead atoms. The highest BCUT2D eigenvalue weighted by molar-refractivity contribution is 5.95. The van der Waals surface area contributed by atoms with Gasteiger partial charge in [-0.05, 0) is 54.4 Å². The minimum Gasteiger partial charge on any atom is -0.373 e. The van der Waals surface area contributed by atoms with E-state index in [0.717, 1.165) is 56.8 Å². The fraction of sp³-hybridized carbons (Fsp3) is 0.429. The van der Waals surface area contributed by atoms with E-state index >= 15 is 0 Å². The lowest BCUT2D eigenvalue weighted by Gasteiger charge is -2.43. The van der Waals surface area contributed by atoms with Crippen molar-refractivity contribution in [2.75, 3.05) is 49.1 Å². The van der Waals surface area contributed by atoms with Gasteiger partial charge in [0.25, 0.3) is 0 Å². The van der Waals surface area contributed by atoms with E-state index in [4.69, 9.17) is 4.74 Å². The predicted molar refractivity (Wildman–Crippen MR) is 137 cm³/mol. The van der Waals surface area contributed by atoms with Gasteiger partial charge in [-0.2, -0.15) is 5.26 Å². The van der Waals surface area contributed by atoms with Crippen LogP contribution in [0.5, 0.6) is 0 Å². The Kier molecular flexibility index (Phi) is 4.95. The zero-order valence-corrected chi connectivity index (χ0v) is 20.0. The molecule has 0 saturated carbocycles. The van der Waals surface area contributed by atoms with Gasteiger partial charge in [0, 0.05) is 68.3 Å². The Labute approximate surface area is 205 Å². The molecule has 4 unspecified atom stereocenters. The van der Waals surface area contributed by atoms with Crippen LogP contribution in [0.2, 0.25) is 0 Å². The lowest BCUT2D eigenvalue weighted by atomic mass is 9.99. The number of benzene rings is 2. The van der Waals surface area contributed by atoms with Crippen LogP contribution in [0.25, 0.3) is 10.9 Å². The van der Waals surface area contributed by atoms with Crippen molar-refractivity contribution in [1.29, 1.82) is 5.26 Å². The summed E-state index contributed by atoms with van der Waals surface area (Å²) < 4.78 is 6.00. The monoisotopic (exact) mass is 466 g/mol. The molecule has 7 rings (SSSR count). The quantitative estimate of drug-likeness (QED) is 0.623. The molecular formula is C28H30N6O. The summed E-state index contributed by atoms with van der Waals surface area (Å²) in [4.78, 5) is 12.2. The van der Waals surface area contributed by atoms with Gasteiger partial charge >= 0.3 is 0 Å². The lowest BCUT2D eigenvalue weighted by Crippen LogP contribution is -2.51. The van der Waals surface area contributed by atoms with Crippen molar-refractivity contribution in [1.82, 2.24) is 15.2 Å². The van der Waals surface area contributed by atoms with Crippen LogP contribution in [0.1, 0.15) is 29.7 Å². The minimum atomic E-state index is 0.300. The van der Waals surface area contributed by atoms with E-state index in [1.807, 2.05) is 12.1 Å². The van der Waals surface area contributed by atoms with E-state index in [2.05, 4.69) is 68.3 Å². The Morgan fingerprint density at radius 1 is 1.09 bits per heavy atom. The van der Waals surface area contributed by atoms with E-state index in [1.165, 1.54) is 22.5 Å². The van der Waals surface area contributed by atoms with Crippen LogP contribution in [0.3, 0.4) is 0 Å². The number of nitrogens with one attached hydrogen (secondary N) is 1.